The molecular formula is C30H28FN3O7S. The van der Waals surface area contributed by atoms with Crippen LogP contribution in [0.3, 0.4) is 0 Å². The SMILES string of the molecule is CC[C@@]1(OC(C)=O)C(=O)OCc2c1cc1n(c2=O)Cc2c-1nc1cc(F)c(C)c3c1c2[C@@H](NC(=S)COC(C)=O)CC3. The number of thiocarbonyl (C=S) groups is 1. The number of halogens is 1. The zero-order valence-corrected chi connectivity index (χ0v) is 24.3. The smallest absolute Gasteiger partial charge is 0.355 e. The van der Waals surface area contributed by atoms with Gasteiger partial charge in [-0.15, -0.1) is 0 Å². The molecule has 218 valence electrons. The summed E-state index contributed by atoms with van der Waals surface area (Å²) in [7, 11) is 0. The normalized spacial score (nSPS) is 19.8. The van der Waals surface area contributed by atoms with Gasteiger partial charge >= 0.3 is 17.9 Å². The van der Waals surface area contributed by atoms with E-state index in [1.807, 2.05) is 0 Å². The lowest BCUT2D eigenvalue weighted by atomic mass is 9.81. The van der Waals surface area contributed by atoms with Gasteiger partial charge in [-0.2, -0.15) is 0 Å². The largest absolute Gasteiger partial charge is 0.459 e. The van der Waals surface area contributed by atoms with E-state index in [0.717, 1.165) is 22.1 Å². The van der Waals surface area contributed by atoms with E-state index in [0.29, 0.717) is 40.3 Å². The average Bonchev–Trinajstić information content (AvgIpc) is 3.31. The molecule has 4 heterocycles. The summed E-state index contributed by atoms with van der Waals surface area (Å²) in [5.41, 5.74) is 2.67. The minimum Gasteiger partial charge on any atom is -0.459 e. The van der Waals surface area contributed by atoms with Crippen molar-refractivity contribution < 1.29 is 33.0 Å². The molecule has 12 heteroatoms. The molecule has 6 rings (SSSR count). The van der Waals surface area contributed by atoms with Gasteiger partial charge in [0.1, 0.15) is 24.0 Å². The maximum Gasteiger partial charge on any atom is 0.355 e. The van der Waals surface area contributed by atoms with Crippen LogP contribution in [-0.4, -0.2) is 39.1 Å². The first-order valence-electron chi connectivity index (χ1n) is 13.7. The summed E-state index contributed by atoms with van der Waals surface area (Å²) in [4.78, 5) is 55.6. The fourth-order valence-electron chi connectivity index (χ4n) is 6.50. The molecule has 1 aromatic carbocycles. The molecule has 1 N–H and O–H groups in total. The number of rotatable bonds is 5. The van der Waals surface area contributed by atoms with Gasteiger partial charge < -0.3 is 24.1 Å². The van der Waals surface area contributed by atoms with Gasteiger partial charge in [0.2, 0.25) is 5.60 Å². The van der Waals surface area contributed by atoms with Crippen molar-refractivity contribution in [2.45, 2.75) is 71.8 Å². The Bertz CT molecular complexity index is 1820. The second kappa shape index (κ2) is 9.97. The van der Waals surface area contributed by atoms with Crippen molar-refractivity contribution >= 4 is 46.0 Å². The molecule has 0 spiro atoms. The highest BCUT2D eigenvalue weighted by molar-refractivity contribution is 7.80. The number of aryl methyl sites for hydroxylation is 1. The number of hydrogen-bond donors (Lipinski definition) is 1. The summed E-state index contributed by atoms with van der Waals surface area (Å²) < 4.78 is 32.6. The highest BCUT2D eigenvalue weighted by Crippen LogP contribution is 2.46. The highest BCUT2D eigenvalue weighted by Gasteiger charge is 2.50. The molecule has 0 unspecified atom stereocenters. The number of nitrogens with zero attached hydrogens (tertiary/aromatic N) is 2. The monoisotopic (exact) mass is 593 g/mol. The molecule has 2 aliphatic heterocycles. The number of carbonyl (C=O) groups is 3. The fraction of sp³-hybridized carbons (Fsp3) is 0.400. The van der Waals surface area contributed by atoms with E-state index >= 15 is 4.39 Å². The van der Waals surface area contributed by atoms with Crippen LogP contribution in [0.15, 0.2) is 16.9 Å². The second-order valence-corrected chi connectivity index (χ2v) is 11.3. The van der Waals surface area contributed by atoms with Crippen molar-refractivity contribution in [1.82, 2.24) is 14.9 Å². The first kappa shape index (κ1) is 28.0. The van der Waals surface area contributed by atoms with Crippen molar-refractivity contribution in [2.75, 3.05) is 6.61 Å². The molecule has 10 nitrogen and oxygen atoms in total. The molecule has 0 radical (unpaired) electrons. The maximum absolute atomic E-state index is 15.1. The van der Waals surface area contributed by atoms with Gasteiger partial charge in [0.25, 0.3) is 5.56 Å². The van der Waals surface area contributed by atoms with Crippen molar-refractivity contribution in [3.8, 4) is 11.4 Å². The Morgan fingerprint density at radius 3 is 2.67 bits per heavy atom. The molecule has 0 saturated carbocycles. The van der Waals surface area contributed by atoms with E-state index in [1.165, 1.54) is 19.9 Å². The van der Waals surface area contributed by atoms with Gasteiger partial charge in [0.15, 0.2) is 0 Å². The first-order chi connectivity index (χ1) is 20.0. The third kappa shape index (κ3) is 4.11. The summed E-state index contributed by atoms with van der Waals surface area (Å²) in [5, 5.41) is 4.11. The minimum absolute atomic E-state index is 0.0597. The van der Waals surface area contributed by atoms with Gasteiger partial charge in [-0.05, 0) is 48.9 Å². The topological polar surface area (TPSA) is 126 Å². The van der Waals surface area contributed by atoms with Gasteiger partial charge in [-0.25, -0.2) is 14.2 Å². The van der Waals surface area contributed by atoms with Crippen molar-refractivity contribution in [3.63, 3.8) is 0 Å². The van der Waals surface area contributed by atoms with Crippen molar-refractivity contribution in [2.24, 2.45) is 0 Å². The summed E-state index contributed by atoms with van der Waals surface area (Å²) in [5.74, 6) is -2.27. The first-order valence-corrected chi connectivity index (χ1v) is 14.1. The Morgan fingerprint density at radius 2 is 1.98 bits per heavy atom. The number of benzene rings is 1. The van der Waals surface area contributed by atoms with Crippen molar-refractivity contribution in [1.29, 1.82) is 0 Å². The predicted octanol–water partition coefficient (Wildman–Crippen LogP) is 3.57. The number of carbonyl (C=O) groups excluding carboxylic acids is 3. The number of esters is 3. The van der Waals surface area contributed by atoms with E-state index < -0.39 is 23.5 Å². The van der Waals surface area contributed by atoms with Gasteiger partial charge in [-0.3, -0.25) is 14.4 Å². The third-order valence-electron chi connectivity index (χ3n) is 8.41. The Hall–Kier alpha value is -4.19. The number of ether oxygens (including phenoxy) is 3. The molecule has 0 bridgehead atoms. The van der Waals surface area contributed by atoms with Crippen LogP contribution in [0.2, 0.25) is 0 Å². The Balaban J connectivity index is 1.58. The fourth-order valence-corrected chi connectivity index (χ4v) is 6.71. The number of fused-ring (bicyclic) bond motifs is 5. The van der Waals surface area contributed by atoms with E-state index in [1.54, 1.807) is 24.5 Å². The maximum atomic E-state index is 15.1. The number of pyridine rings is 2. The van der Waals surface area contributed by atoms with Crippen LogP contribution in [0, 0.1) is 12.7 Å². The third-order valence-corrected chi connectivity index (χ3v) is 8.64. The van der Waals surface area contributed by atoms with Gasteiger partial charge in [0.05, 0.1) is 35.1 Å². The van der Waals surface area contributed by atoms with Crippen LogP contribution >= 0.6 is 12.2 Å². The summed E-state index contributed by atoms with van der Waals surface area (Å²) in [6.07, 6.45) is 1.21. The van der Waals surface area contributed by atoms with Crippen LogP contribution in [0.25, 0.3) is 22.3 Å². The van der Waals surface area contributed by atoms with Crippen LogP contribution < -0.4 is 10.9 Å². The van der Waals surface area contributed by atoms with E-state index in [9.17, 15) is 19.2 Å². The Labute approximate surface area is 245 Å². The second-order valence-electron chi connectivity index (χ2n) is 10.8. The lowest BCUT2D eigenvalue weighted by Crippen LogP contribution is -2.47. The molecule has 2 atom stereocenters. The molecular weight excluding hydrogens is 565 g/mol. The van der Waals surface area contributed by atoms with E-state index in [4.69, 9.17) is 31.4 Å². The van der Waals surface area contributed by atoms with Crippen LogP contribution in [0.5, 0.6) is 0 Å². The summed E-state index contributed by atoms with van der Waals surface area (Å²) in [6, 6.07) is 2.75. The Kier molecular flexibility index (Phi) is 6.64. The lowest BCUT2D eigenvalue weighted by molar-refractivity contribution is -0.188. The summed E-state index contributed by atoms with van der Waals surface area (Å²) in [6.45, 7) is 5.76. The van der Waals surface area contributed by atoms with Crippen molar-refractivity contribution in [3.05, 3.63) is 61.7 Å². The number of aromatic nitrogens is 2. The number of cyclic esters (lactones) is 1. The standard InChI is InChI=1S/C30H28FN3O7S/c1-5-30(41-15(4)36)19-8-23-27-17(10-34(23)28(37)18(19)11-40-29(30)38)26-21(32-24(42)12-39-14(3)35)7-6-16-13(2)20(31)9-22(33-27)25(16)26/h8-9,21H,5-7,10-12H2,1-4H3,(H,32,42)/t21-,30-/m0/s1. The molecule has 42 heavy (non-hydrogen) atoms. The van der Waals surface area contributed by atoms with Crippen LogP contribution in [0.4, 0.5) is 4.39 Å². The average molecular weight is 594 g/mol. The zero-order chi connectivity index (χ0) is 30.1. The predicted molar refractivity (Wildman–Crippen MR) is 152 cm³/mol. The van der Waals surface area contributed by atoms with Crippen LogP contribution in [-0.2, 0) is 53.8 Å². The lowest BCUT2D eigenvalue weighted by Gasteiger charge is -2.35. The van der Waals surface area contributed by atoms with Crippen LogP contribution in [0.1, 0.15) is 73.0 Å². The molecule has 3 aliphatic rings. The molecule has 3 aromatic rings. The number of nitrogens with one attached hydrogen (secondary N) is 1. The number of hydrogen-bond acceptors (Lipinski definition) is 9. The van der Waals surface area contributed by atoms with Gasteiger partial charge in [-0.1, -0.05) is 19.1 Å². The molecule has 0 saturated heterocycles. The quantitative estimate of drug-likeness (QED) is 0.209. The molecule has 0 amide bonds. The summed E-state index contributed by atoms with van der Waals surface area (Å²) >= 11 is 5.47. The van der Waals surface area contributed by atoms with Gasteiger partial charge in [0, 0.05) is 36.4 Å². The molecule has 0 fully saturated rings. The van der Waals surface area contributed by atoms with E-state index in [2.05, 4.69) is 5.32 Å². The highest BCUT2D eigenvalue weighted by atomic mass is 32.1. The van der Waals surface area contributed by atoms with E-state index in [-0.39, 0.29) is 54.7 Å². The Morgan fingerprint density at radius 1 is 1.21 bits per heavy atom. The molecule has 2 aromatic heterocycles. The zero-order valence-electron chi connectivity index (χ0n) is 23.5. The molecule has 1 aliphatic carbocycles. The minimum atomic E-state index is -1.77.